The number of rotatable bonds is 10. The van der Waals surface area contributed by atoms with E-state index in [1.807, 2.05) is 47.4 Å². The summed E-state index contributed by atoms with van der Waals surface area (Å²) >= 11 is 0. The monoisotopic (exact) mass is 489 g/mol. The number of amides is 1. The lowest BCUT2D eigenvalue weighted by atomic mass is 10.1. The van der Waals surface area contributed by atoms with Gasteiger partial charge in [-0.25, -0.2) is 4.68 Å². The second-order valence-corrected chi connectivity index (χ2v) is 9.33. The van der Waals surface area contributed by atoms with Gasteiger partial charge in [-0.1, -0.05) is 44.2 Å². The highest BCUT2D eigenvalue weighted by molar-refractivity contribution is 5.94. The summed E-state index contributed by atoms with van der Waals surface area (Å²) in [6.07, 6.45) is 0.953. The predicted octanol–water partition coefficient (Wildman–Crippen LogP) is 4.17. The van der Waals surface area contributed by atoms with Crippen molar-refractivity contribution >= 4 is 11.7 Å². The van der Waals surface area contributed by atoms with Crippen LogP contribution in [0.3, 0.4) is 0 Å². The Morgan fingerprint density at radius 2 is 1.69 bits per heavy atom. The molecule has 1 aromatic heterocycles. The summed E-state index contributed by atoms with van der Waals surface area (Å²) in [4.78, 5) is 20.4. The fourth-order valence-corrected chi connectivity index (χ4v) is 4.79. The molecule has 1 fully saturated rings. The van der Waals surface area contributed by atoms with Crippen LogP contribution in [0.1, 0.15) is 41.0 Å². The molecule has 2 heterocycles. The molecule has 0 saturated carbocycles. The standard InChI is InChI=1S/C29H39N5O2/c1-5-24-12-14-25(15-13-24)29(35)33(20-21-36-4)22-27-23(3)30-34(26-10-8-7-9-11-26)28(27)32-18-16-31(6-2)17-19-32/h7-15H,5-6,16-22H2,1-4H3. The molecule has 36 heavy (non-hydrogen) atoms. The van der Waals surface area contributed by atoms with Gasteiger partial charge in [-0.2, -0.15) is 5.10 Å². The molecule has 7 heteroatoms. The first-order valence-corrected chi connectivity index (χ1v) is 13.0. The first kappa shape index (κ1) is 25.9. The quantitative estimate of drug-likeness (QED) is 0.428. The van der Waals surface area contributed by atoms with Crippen molar-refractivity contribution < 1.29 is 9.53 Å². The number of carbonyl (C=O) groups is 1. The maximum Gasteiger partial charge on any atom is 0.254 e. The third-order valence-corrected chi connectivity index (χ3v) is 7.09. The molecule has 1 saturated heterocycles. The molecule has 1 aliphatic rings. The lowest BCUT2D eigenvalue weighted by Gasteiger charge is -2.36. The zero-order valence-corrected chi connectivity index (χ0v) is 22.1. The van der Waals surface area contributed by atoms with Crippen LogP contribution in [0.15, 0.2) is 54.6 Å². The van der Waals surface area contributed by atoms with E-state index in [1.54, 1.807) is 7.11 Å². The normalized spacial score (nSPS) is 14.3. The Kier molecular flexibility index (Phi) is 8.78. The highest BCUT2D eigenvalue weighted by atomic mass is 16.5. The van der Waals surface area contributed by atoms with Crippen molar-refractivity contribution in [2.75, 3.05) is 57.9 Å². The molecule has 192 valence electrons. The minimum Gasteiger partial charge on any atom is -0.383 e. The zero-order valence-electron chi connectivity index (χ0n) is 22.1. The maximum absolute atomic E-state index is 13.6. The molecule has 0 bridgehead atoms. The Morgan fingerprint density at radius 1 is 1.00 bits per heavy atom. The third-order valence-electron chi connectivity index (χ3n) is 7.09. The Labute approximate surface area is 215 Å². The van der Waals surface area contributed by atoms with E-state index in [1.165, 1.54) is 5.56 Å². The summed E-state index contributed by atoms with van der Waals surface area (Å²) < 4.78 is 7.43. The molecule has 0 N–H and O–H groups in total. The third kappa shape index (κ3) is 5.79. The second kappa shape index (κ2) is 12.2. The van der Waals surface area contributed by atoms with Crippen molar-refractivity contribution in [1.82, 2.24) is 19.6 Å². The van der Waals surface area contributed by atoms with Crippen molar-refractivity contribution in [2.24, 2.45) is 0 Å². The van der Waals surface area contributed by atoms with Gasteiger partial charge < -0.3 is 19.4 Å². The maximum atomic E-state index is 13.6. The minimum atomic E-state index is 0.0170. The van der Waals surface area contributed by atoms with Gasteiger partial charge in [0.1, 0.15) is 5.82 Å². The van der Waals surface area contributed by atoms with E-state index in [0.29, 0.717) is 25.3 Å². The van der Waals surface area contributed by atoms with Crippen LogP contribution in [0.2, 0.25) is 0 Å². The minimum absolute atomic E-state index is 0.0170. The number of hydrogen-bond acceptors (Lipinski definition) is 5. The van der Waals surface area contributed by atoms with Crippen molar-refractivity contribution in [3.63, 3.8) is 0 Å². The summed E-state index contributed by atoms with van der Waals surface area (Å²) in [5, 5.41) is 4.98. The predicted molar refractivity (Wildman–Crippen MR) is 145 cm³/mol. The van der Waals surface area contributed by atoms with E-state index >= 15 is 0 Å². The van der Waals surface area contributed by atoms with Gasteiger partial charge in [0.05, 0.1) is 24.5 Å². The average molecular weight is 490 g/mol. The number of hydrogen-bond donors (Lipinski definition) is 0. The summed E-state index contributed by atoms with van der Waals surface area (Å²) in [5.41, 5.74) is 5.00. The van der Waals surface area contributed by atoms with Gasteiger partial charge in [-0.3, -0.25) is 4.79 Å². The fraction of sp³-hybridized carbons (Fsp3) is 0.448. The van der Waals surface area contributed by atoms with Gasteiger partial charge in [0.2, 0.25) is 0 Å². The van der Waals surface area contributed by atoms with Gasteiger partial charge in [0, 0.05) is 51.0 Å². The number of carbonyl (C=O) groups excluding carboxylic acids is 1. The van der Waals surface area contributed by atoms with Crippen LogP contribution in [0, 0.1) is 6.92 Å². The van der Waals surface area contributed by atoms with Crippen molar-refractivity contribution in [3.05, 3.63) is 77.0 Å². The van der Waals surface area contributed by atoms with E-state index in [9.17, 15) is 4.79 Å². The second-order valence-electron chi connectivity index (χ2n) is 9.33. The number of likely N-dealkylation sites (N-methyl/N-ethyl adjacent to an activating group) is 1. The molecule has 0 spiro atoms. The first-order chi connectivity index (χ1) is 17.5. The molecular weight excluding hydrogens is 450 g/mol. The molecule has 4 rings (SSSR count). The van der Waals surface area contributed by atoms with Gasteiger partial charge >= 0.3 is 0 Å². The molecule has 0 radical (unpaired) electrons. The highest BCUT2D eigenvalue weighted by Crippen LogP contribution is 2.30. The molecule has 0 atom stereocenters. The van der Waals surface area contributed by atoms with Crippen LogP contribution in [-0.4, -0.2) is 78.5 Å². The van der Waals surface area contributed by atoms with Crippen LogP contribution in [0.5, 0.6) is 0 Å². The molecular formula is C29H39N5O2. The summed E-state index contributed by atoms with van der Waals surface area (Å²) in [6.45, 7) is 12.8. The van der Waals surface area contributed by atoms with Crippen LogP contribution in [0.4, 0.5) is 5.82 Å². The number of anilines is 1. The molecule has 3 aromatic rings. The number of ether oxygens (including phenoxy) is 1. The molecule has 1 amide bonds. The van der Waals surface area contributed by atoms with E-state index in [0.717, 1.165) is 61.9 Å². The lowest BCUT2D eigenvalue weighted by molar-refractivity contribution is 0.0680. The van der Waals surface area contributed by atoms with E-state index in [-0.39, 0.29) is 5.91 Å². The topological polar surface area (TPSA) is 53.8 Å². The van der Waals surface area contributed by atoms with Gasteiger partial charge in [-0.15, -0.1) is 0 Å². The van der Waals surface area contributed by atoms with Crippen molar-refractivity contribution in [2.45, 2.75) is 33.7 Å². The number of nitrogens with zero attached hydrogens (tertiary/aromatic N) is 5. The molecule has 2 aromatic carbocycles. The zero-order chi connectivity index (χ0) is 25.5. The SMILES string of the molecule is CCc1ccc(C(=O)N(CCOC)Cc2c(C)nn(-c3ccccc3)c2N2CCN(CC)CC2)cc1. The van der Waals surface area contributed by atoms with Crippen LogP contribution < -0.4 is 4.90 Å². The molecule has 7 nitrogen and oxygen atoms in total. The number of aromatic nitrogens is 2. The van der Waals surface area contributed by atoms with E-state index in [2.05, 4.69) is 47.4 Å². The van der Waals surface area contributed by atoms with Gasteiger partial charge in [0.15, 0.2) is 0 Å². The Balaban J connectivity index is 1.70. The Hall–Kier alpha value is -3.16. The van der Waals surface area contributed by atoms with Crippen LogP contribution in [-0.2, 0) is 17.7 Å². The van der Waals surface area contributed by atoms with Crippen molar-refractivity contribution in [1.29, 1.82) is 0 Å². The largest absolute Gasteiger partial charge is 0.383 e. The number of piperazine rings is 1. The number of para-hydroxylation sites is 1. The Morgan fingerprint density at radius 3 is 2.31 bits per heavy atom. The van der Waals surface area contributed by atoms with Gasteiger partial charge in [0.25, 0.3) is 5.91 Å². The first-order valence-electron chi connectivity index (χ1n) is 13.0. The van der Waals surface area contributed by atoms with Crippen LogP contribution >= 0.6 is 0 Å². The number of benzene rings is 2. The summed E-state index contributed by atoms with van der Waals surface area (Å²) in [7, 11) is 1.68. The molecule has 1 aliphatic heterocycles. The summed E-state index contributed by atoms with van der Waals surface area (Å²) in [5.74, 6) is 1.11. The summed E-state index contributed by atoms with van der Waals surface area (Å²) in [6, 6.07) is 18.2. The lowest BCUT2D eigenvalue weighted by Crippen LogP contribution is -2.47. The van der Waals surface area contributed by atoms with Gasteiger partial charge in [-0.05, 0) is 49.7 Å². The fourth-order valence-electron chi connectivity index (χ4n) is 4.79. The van der Waals surface area contributed by atoms with Crippen molar-refractivity contribution in [3.8, 4) is 5.69 Å². The average Bonchev–Trinajstić information content (AvgIpc) is 3.26. The van der Waals surface area contributed by atoms with E-state index in [4.69, 9.17) is 9.84 Å². The highest BCUT2D eigenvalue weighted by Gasteiger charge is 2.27. The Bertz CT molecular complexity index is 1120. The molecule has 0 aliphatic carbocycles. The number of aryl methyl sites for hydroxylation is 2. The van der Waals surface area contributed by atoms with Crippen LogP contribution in [0.25, 0.3) is 5.69 Å². The smallest absolute Gasteiger partial charge is 0.254 e. The van der Waals surface area contributed by atoms with E-state index < -0.39 is 0 Å². The molecule has 0 unspecified atom stereocenters. The number of methoxy groups -OCH3 is 1.